The number of carboxylic acid groups (broad SMARTS) is 1. The van der Waals surface area contributed by atoms with Gasteiger partial charge in [-0.05, 0) is 55.5 Å². The second kappa shape index (κ2) is 6.96. The van der Waals surface area contributed by atoms with Crippen LogP contribution in [0.15, 0.2) is 18.2 Å². The summed E-state index contributed by atoms with van der Waals surface area (Å²) < 4.78 is 5.06. The molecule has 1 aromatic carbocycles. The lowest BCUT2D eigenvalue weighted by Crippen LogP contribution is -2.02. The number of allylic oxidation sites excluding steroid dienone is 2. The fourth-order valence-corrected chi connectivity index (χ4v) is 4.43. The Morgan fingerprint density at radius 1 is 1.48 bits per heavy atom. The molecule has 1 saturated carbocycles. The maximum Gasteiger partial charge on any atom is 0.365 e. The molecule has 5 nitrogen and oxygen atoms in total. The van der Waals surface area contributed by atoms with Gasteiger partial charge in [-0.3, -0.25) is 0 Å². The van der Waals surface area contributed by atoms with Crippen LogP contribution in [0.3, 0.4) is 0 Å². The van der Waals surface area contributed by atoms with Gasteiger partial charge in [0.05, 0.1) is 0 Å². The first-order valence-electron chi connectivity index (χ1n) is 8.16. The van der Waals surface area contributed by atoms with Crippen molar-refractivity contribution in [1.82, 2.24) is 0 Å². The molecule has 0 saturated heterocycles. The van der Waals surface area contributed by atoms with Crippen LogP contribution in [-0.4, -0.2) is 26.7 Å². The molecule has 1 unspecified atom stereocenters. The number of aromatic hydroxyl groups is 1. The van der Waals surface area contributed by atoms with Gasteiger partial charge in [0.2, 0.25) is 0 Å². The van der Waals surface area contributed by atoms with Crippen LogP contribution in [0.4, 0.5) is 4.79 Å². The van der Waals surface area contributed by atoms with Crippen LogP contribution in [0.5, 0.6) is 5.75 Å². The molecule has 0 spiro atoms. The third-order valence-electron chi connectivity index (χ3n) is 4.90. The minimum absolute atomic E-state index is 0.0238. The van der Waals surface area contributed by atoms with Crippen LogP contribution in [0.1, 0.15) is 51.9 Å². The number of benzene rings is 1. The van der Waals surface area contributed by atoms with Crippen LogP contribution >= 0.6 is 11.8 Å². The van der Waals surface area contributed by atoms with Gasteiger partial charge in [-0.25, -0.2) is 9.59 Å². The first-order chi connectivity index (χ1) is 11.9. The SMILES string of the molecule is C=Cc1c(C)c2c(c(O)c1CC=C1CCC(SC(=O)O)C1)C(=O)OC2. The Kier molecular flexibility index (Phi) is 4.90. The summed E-state index contributed by atoms with van der Waals surface area (Å²) in [5.41, 5.74) is 4.60. The van der Waals surface area contributed by atoms with E-state index in [-0.39, 0.29) is 23.2 Å². The molecule has 132 valence electrons. The highest BCUT2D eigenvalue weighted by atomic mass is 32.2. The summed E-state index contributed by atoms with van der Waals surface area (Å²) in [6.45, 7) is 5.93. The lowest BCUT2D eigenvalue weighted by atomic mass is 9.90. The molecule has 1 aliphatic carbocycles. The molecule has 2 N–H and O–H groups in total. The summed E-state index contributed by atoms with van der Waals surface area (Å²) in [6.07, 6.45) is 6.67. The quantitative estimate of drug-likeness (QED) is 0.610. The number of carbonyl (C=O) groups is 2. The average molecular weight is 360 g/mol. The van der Waals surface area contributed by atoms with E-state index in [1.807, 2.05) is 13.0 Å². The van der Waals surface area contributed by atoms with Crippen LogP contribution in [0.25, 0.3) is 6.08 Å². The first kappa shape index (κ1) is 17.6. The molecule has 1 fully saturated rings. The number of cyclic esters (lactones) is 1. The molecular formula is C19H20O5S. The lowest BCUT2D eigenvalue weighted by molar-refractivity contribution is 0.0533. The summed E-state index contributed by atoms with van der Waals surface area (Å²) in [6, 6.07) is 0. The van der Waals surface area contributed by atoms with E-state index < -0.39 is 11.3 Å². The second-order valence-corrected chi connectivity index (χ2v) is 7.57. The van der Waals surface area contributed by atoms with Crippen molar-refractivity contribution in [1.29, 1.82) is 0 Å². The monoisotopic (exact) mass is 360 g/mol. The van der Waals surface area contributed by atoms with E-state index >= 15 is 0 Å². The Morgan fingerprint density at radius 3 is 2.92 bits per heavy atom. The summed E-state index contributed by atoms with van der Waals surface area (Å²) in [4.78, 5) is 22.7. The molecule has 25 heavy (non-hydrogen) atoms. The highest BCUT2D eigenvalue weighted by Crippen LogP contribution is 2.39. The Labute approximate surface area is 150 Å². The Bertz CT molecular complexity index is 794. The molecule has 1 heterocycles. The minimum atomic E-state index is -0.842. The predicted molar refractivity (Wildman–Crippen MR) is 97.1 cm³/mol. The molecule has 6 heteroatoms. The third kappa shape index (κ3) is 3.31. The smallest absolute Gasteiger partial charge is 0.365 e. The molecule has 0 bridgehead atoms. The Morgan fingerprint density at radius 2 is 2.24 bits per heavy atom. The molecule has 2 aliphatic rings. The fourth-order valence-electron chi connectivity index (χ4n) is 3.61. The van der Waals surface area contributed by atoms with E-state index in [0.29, 0.717) is 12.0 Å². The summed E-state index contributed by atoms with van der Waals surface area (Å²) >= 11 is 0.966. The lowest BCUT2D eigenvalue weighted by Gasteiger charge is -2.14. The number of phenols is 1. The minimum Gasteiger partial charge on any atom is -0.507 e. The number of esters is 1. The maximum absolute atomic E-state index is 11.9. The van der Waals surface area contributed by atoms with Crippen LogP contribution in [-0.2, 0) is 17.8 Å². The fraction of sp³-hybridized carbons (Fsp3) is 0.368. The van der Waals surface area contributed by atoms with Crippen molar-refractivity contribution in [3.63, 3.8) is 0 Å². The number of hydrogen-bond donors (Lipinski definition) is 2. The van der Waals surface area contributed by atoms with Gasteiger partial charge in [0.25, 0.3) is 0 Å². The molecule has 1 aliphatic heterocycles. The Balaban J connectivity index is 1.88. The summed E-state index contributed by atoms with van der Waals surface area (Å²) in [5.74, 6) is -0.511. The average Bonchev–Trinajstić information content (AvgIpc) is 3.15. The standard InChI is InChI=1S/C19H20O5S/c1-3-13-10(2)15-9-24-18(21)16(15)17(20)14(13)7-5-11-4-6-12(8-11)25-19(22)23/h3,5,12,20H,1,4,6-9H2,2H3,(H,22,23). The van der Waals surface area contributed by atoms with Crippen molar-refractivity contribution in [3.05, 3.63) is 46.0 Å². The van der Waals surface area contributed by atoms with Crippen LogP contribution in [0.2, 0.25) is 0 Å². The summed E-state index contributed by atoms with van der Waals surface area (Å²) in [5, 5.41) is 18.7. The number of ether oxygens (including phenoxy) is 1. The van der Waals surface area contributed by atoms with Crippen molar-refractivity contribution in [2.24, 2.45) is 0 Å². The van der Waals surface area contributed by atoms with Crippen molar-refractivity contribution >= 4 is 29.1 Å². The normalized spacial score (nSPS) is 20.6. The van der Waals surface area contributed by atoms with Gasteiger partial charge in [0, 0.05) is 16.4 Å². The molecule has 3 rings (SSSR count). The highest BCUT2D eigenvalue weighted by Gasteiger charge is 2.31. The van der Waals surface area contributed by atoms with E-state index in [4.69, 9.17) is 9.84 Å². The zero-order valence-electron chi connectivity index (χ0n) is 14.0. The van der Waals surface area contributed by atoms with E-state index in [1.54, 1.807) is 6.08 Å². The van der Waals surface area contributed by atoms with Crippen molar-refractivity contribution in [2.45, 2.75) is 44.5 Å². The molecule has 0 radical (unpaired) electrons. The van der Waals surface area contributed by atoms with Gasteiger partial charge < -0.3 is 14.9 Å². The van der Waals surface area contributed by atoms with Gasteiger partial charge in [-0.2, -0.15) is 0 Å². The third-order valence-corrected chi connectivity index (χ3v) is 5.84. The largest absolute Gasteiger partial charge is 0.507 e. The van der Waals surface area contributed by atoms with E-state index in [9.17, 15) is 14.7 Å². The first-order valence-corrected chi connectivity index (χ1v) is 9.04. The molecule has 0 amide bonds. The topological polar surface area (TPSA) is 83.8 Å². The van der Waals surface area contributed by atoms with Crippen LogP contribution in [0, 0.1) is 6.92 Å². The summed E-state index contributed by atoms with van der Waals surface area (Å²) in [7, 11) is 0. The van der Waals surface area contributed by atoms with Gasteiger partial charge in [0.15, 0.2) is 0 Å². The van der Waals surface area contributed by atoms with Gasteiger partial charge >= 0.3 is 11.3 Å². The van der Waals surface area contributed by atoms with Gasteiger partial charge in [-0.1, -0.05) is 24.3 Å². The molecular weight excluding hydrogens is 340 g/mol. The number of phenolic OH excluding ortho intramolecular Hbond substituents is 1. The van der Waals surface area contributed by atoms with Crippen LogP contribution < -0.4 is 0 Å². The van der Waals surface area contributed by atoms with Crippen molar-refractivity contribution in [2.75, 3.05) is 0 Å². The van der Waals surface area contributed by atoms with E-state index in [2.05, 4.69) is 6.58 Å². The number of fused-ring (bicyclic) bond motifs is 1. The zero-order valence-corrected chi connectivity index (χ0v) is 14.8. The molecule has 0 aromatic heterocycles. The zero-order chi connectivity index (χ0) is 18.1. The van der Waals surface area contributed by atoms with Crippen molar-refractivity contribution in [3.8, 4) is 5.75 Å². The number of carbonyl (C=O) groups excluding carboxylic acids is 1. The van der Waals surface area contributed by atoms with Gasteiger partial charge in [-0.15, -0.1) is 0 Å². The predicted octanol–water partition coefficient (Wildman–Crippen LogP) is 4.45. The second-order valence-electron chi connectivity index (χ2n) is 6.31. The van der Waals surface area contributed by atoms with Gasteiger partial charge in [0.1, 0.15) is 17.9 Å². The molecule has 1 atom stereocenters. The van der Waals surface area contributed by atoms with E-state index in [0.717, 1.165) is 47.7 Å². The van der Waals surface area contributed by atoms with E-state index in [1.165, 1.54) is 5.57 Å². The number of thioether (sulfide) groups is 1. The highest BCUT2D eigenvalue weighted by molar-refractivity contribution is 8.13. The molecule has 1 aromatic rings. The Hall–Kier alpha value is -2.21. The number of rotatable bonds is 4. The van der Waals surface area contributed by atoms with Crippen molar-refractivity contribution < 1.29 is 24.5 Å². The maximum atomic E-state index is 11.9. The number of hydrogen-bond acceptors (Lipinski definition) is 5.